The summed E-state index contributed by atoms with van der Waals surface area (Å²) in [6.07, 6.45) is 0.666. The molecule has 112 valence electrons. The highest BCUT2D eigenvalue weighted by atomic mass is 79.9. The summed E-state index contributed by atoms with van der Waals surface area (Å²) in [6, 6.07) is 13.0. The van der Waals surface area contributed by atoms with Gasteiger partial charge in [0.05, 0.1) is 17.7 Å². The SMILES string of the molecule is OC[C@@H](CCOc1ccccc1Br)c1ccc(Cl)cc1Cl. The molecular formula is C16H15BrCl2O2. The summed E-state index contributed by atoms with van der Waals surface area (Å²) in [5.41, 5.74) is 0.888. The van der Waals surface area contributed by atoms with Crippen LogP contribution >= 0.6 is 39.1 Å². The average molecular weight is 390 g/mol. The first-order chi connectivity index (χ1) is 10.1. The smallest absolute Gasteiger partial charge is 0.133 e. The highest BCUT2D eigenvalue weighted by molar-refractivity contribution is 9.10. The predicted molar refractivity (Wildman–Crippen MR) is 90.5 cm³/mol. The number of hydrogen-bond donors (Lipinski definition) is 1. The zero-order valence-electron chi connectivity index (χ0n) is 11.2. The molecule has 1 N–H and O–H groups in total. The first-order valence-electron chi connectivity index (χ1n) is 6.55. The maximum absolute atomic E-state index is 9.57. The Morgan fingerprint density at radius 3 is 2.57 bits per heavy atom. The molecule has 5 heteroatoms. The first kappa shape index (κ1) is 16.6. The Labute approximate surface area is 142 Å². The molecule has 0 aliphatic carbocycles. The molecule has 0 saturated carbocycles. The van der Waals surface area contributed by atoms with E-state index in [0.29, 0.717) is 23.1 Å². The summed E-state index contributed by atoms with van der Waals surface area (Å²) in [7, 11) is 0. The number of halogens is 3. The van der Waals surface area contributed by atoms with Crippen LogP contribution in [0.15, 0.2) is 46.9 Å². The monoisotopic (exact) mass is 388 g/mol. The van der Waals surface area contributed by atoms with Gasteiger partial charge in [-0.1, -0.05) is 41.4 Å². The van der Waals surface area contributed by atoms with E-state index in [-0.39, 0.29) is 12.5 Å². The lowest BCUT2D eigenvalue weighted by Gasteiger charge is -2.17. The normalized spacial score (nSPS) is 12.2. The molecule has 2 rings (SSSR count). The van der Waals surface area contributed by atoms with Gasteiger partial charge >= 0.3 is 0 Å². The van der Waals surface area contributed by atoms with E-state index in [1.807, 2.05) is 30.3 Å². The predicted octanol–water partition coefficient (Wildman–Crippen LogP) is 5.30. The topological polar surface area (TPSA) is 29.5 Å². The quantitative estimate of drug-likeness (QED) is 0.726. The van der Waals surface area contributed by atoms with Crippen LogP contribution in [0.2, 0.25) is 10.0 Å². The van der Waals surface area contributed by atoms with E-state index in [0.717, 1.165) is 15.8 Å². The fourth-order valence-electron chi connectivity index (χ4n) is 2.05. The largest absolute Gasteiger partial charge is 0.492 e. The van der Waals surface area contributed by atoms with Gasteiger partial charge in [-0.15, -0.1) is 0 Å². The molecule has 0 spiro atoms. The molecule has 21 heavy (non-hydrogen) atoms. The van der Waals surface area contributed by atoms with E-state index < -0.39 is 0 Å². The minimum atomic E-state index is -0.0720. The molecular weight excluding hydrogens is 375 g/mol. The molecule has 0 unspecified atom stereocenters. The number of para-hydroxylation sites is 1. The highest BCUT2D eigenvalue weighted by Crippen LogP contribution is 2.30. The molecule has 0 saturated heterocycles. The van der Waals surface area contributed by atoms with Crippen molar-refractivity contribution in [2.75, 3.05) is 13.2 Å². The molecule has 2 aromatic rings. The summed E-state index contributed by atoms with van der Waals surface area (Å²) < 4.78 is 6.64. The lowest BCUT2D eigenvalue weighted by Crippen LogP contribution is -2.10. The van der Waals surface area contributed by atoms with Crippen molar-refractivity contribution in [1.82, 2.24) is 0 Å². The summed E-state index contributed by atoms with van der Waals surface area (Å²) in [6.45, 7) is 0.507. The van der Waals surface area contributed by atoms with Crippen LogP contribution in [0.1, 0.15) is 17.9 Å². The van der Waals surface area contributed by atoms with Gasteiger partial charge in [0.15, 0.2) is 0 Å². The summed E-state index contributed by atoms with van der Waals surface area (Å²) in [4.78, 5) is 0. The standard InChI is InChI=1S/C16H15BrCl2O2/c17-14-3-1-2-4-16(14)21-8-7-11(10-20)13-6-5-12(18)9-15(13)19/h1-6,9,11,20H,7-8,10H2/t11-/m1/s1. The van der Waals surface area contributed by atoms with Crippen molar-refractivity contribution < 1.29 is 9.84 Å². The summed E-state index contributed by atoms with van der Waals surface area (Å²) >= 11 is 15.5. The van der Waals surface area contributed by atoms with E-state index in [2.05, 4.69) is 15.9 Å². The van der Waals surface area contributed by atoms with Crippen LogP contribution in [0.4, 0.5) is 0 Å². The second kappa shape index (κ2) is 8.04. The van der Waals surface area contributed by atoms with Crippen LogP contribution in [-0.4, -0.2) is 18.3 Å². The number of aliphatic hydroxyl groups is 1. The van der Waals surface area contributed by atoms with Crippen molar-refractivity contribution in [1.29, 1.82) is 0 Å². The van der Waals surface area contributed by atoms with Gasteiger partial charge in [-0.25, -0.2) is 0 Å². The fourth-order valence-corrected chi connectivity index (χ4v) is 3.01. The molecule has 0 fully saturated rings. The minimum Gasteiger partial charge on any atom is -0.492 e. The van der Waals surface area contributed by atoms with E-state index in [4.69, 9.17) is 27.9 Å². The zero-order valence-corrected chi connectivity index (χ0v) is 14.3. The second-order valence-electron chi connectivity index (χ2n) is 4.61. The van der Waals surface area contributed by atoms with Crippen LogP contribution in [0.25, 0.3) is 0 Å². The molecule has 0 aliphatic heterocycles. The third-order valence-corrected chi connectivity index (χ3v) is 4.40. The molecule has 0 radical (unpaired) electrons. The molecule has 0 aromatic heterocycles. The third-order valence-electron chi connectivity index (χ3n) is 3.18. The number of aliphatic hydroxyl groups excluding tert-OH is 1. The minimum absolute atomic E-state index is 0.0146. The first-order valence-corrected chi connectivity index (χ1v) is 8.10. The molecule has 0 heterocycles. The Hall–Kier alpha value is -0.740. The van der Waals surface area contributed by atoms with Crippen molar-refractivity contribution in [2.45, 2.75) is 12.3 Å². The van der Waals surface area contributed by atoms with Gasteiger partial charge in [-0.05, 0) is 52.2 Å². The third kappa shape index (κ3) is 4.62. The van der Waals surface area contributed by atoms with Crippen LogP contribution in [0, 0.1) is 0 Å². The van der Waals surface area contributed by atoms with Gasteiger partial charge in [-0.3, -0.25) is 0 Å². The van der Waals surface area contributed by atoms with Gasteiger partial charge in [-0.2, -0.15) is 0 Å². The van der Waals surface area contributed by atoms with Crippen molar-refractivity contribution in [3.8, 4) is 5.75 Å². The van der Waals surface area contributed by atoms with Gasteiger partial charge in [0.25, 0.3) is 0 Å². The molecule has 2 aromatic carbocycles. The average Bonchev–Trinajstić information content (AvgIpc) is 2.46. The number of rotatable bonds is 6. The number of ether oxygens (including phenoxy) is 1. The Balaban J connectivity index is 1.98. The van der Waals surface area contributed by atoms with Gasteiger partial charge in [0.2, 0.25) is 0 Å². The zero-order chi connectivity index (χ0) is 15.2. The van der Waals surface area contributed by atoms with Crippen LogP contribution in [0.5, 0.6) is 5.75 Å². The van der Waals surface area contributed by atoms with Crippen LogP contribution < -0.4 is 4.74 Å². The van der Waals surface area contributed by atoms with Gasteiger partial charge in [0.1, 0.15) is 5.75 Å². The molecule has 0 aliphatic rings. The maximum Gasteiger partial charge on any atom is 0.133 e. The number of hydrogen-bond acceptors (Lipinski definition) is 2. The fraction of sp³-hybridized carbons (Fsp3) is 0.250. The molecule has 1 atom stereocenters. The van der Waals surface area contributed by atoms with Crippen LogP contribution in [-0.2, 0) is 0 Å². The van der Waals surface area contributed by atoms with Crippen molar-refractivity contribution in [2.24, 2.45) is 0 Å². The molecule has 0 bridgehead atoms. The van der Waals surface area contributed by atoms with Crippen molar-refractivity contribution in [3.05, 3.63) is 62.5 Å². The Kier molecular flexibility index (Phi) is 6.37. The van der Waals surface area contributed by atoms with E-state index in [9.17, 15) is 5.11 Å². The van der Waals surface area contributed by atoms with E-state index in [1.165, 1.54) is 0 Å². The lowest BCUT2D eigenvalue weighted by molar-refractivity contribution is 0.229. The van der Waals surface area contributed by atoms with Crippen molar-refractivity contribution in [3.63, 3.8) is 0 Å². The van der Waals surface area contributed by atoms with E-state index in [1.54, 1.807) is 12.1 Å². The lowest BCUT2D eigenvalue weighted by atomic mass is 9.97. The Morgan fingerprint density at radius 2 is 1.90 bits per heavy atom. The van der Waals surface area contributed by atoms with Crippen molar-refractivity contribution >= 4 is 39.1 Å². The Morgan fingerprint density at radius 1 is 1.14 bits per heavy atom. The Bertz CT molecular complexity index is 605. The second-order valence-corrected chi connectivity index (χ2v) is 6.31. The molecule has 2 nitrogen and oxygen atoms in total. The number of benzene rings is 2. The van der Waals surface area contributed by atoms with Gasteiger partial charge < -0.3 is 9.84 Å². The maximum atomic E-state index is 9.57. The summed E-state index contributed by atoms with van der Waals surface area (Å²) in [5, 5.41) is 10.7. The van der Waals surface area contributed by atoms with Crippen LogP contribution in [0.3, 0.4) is 0 Å². The highest BCUT2D eigenvalue weighted by Gasteiger charge is 2.14. The van der Waals surface area contributed by atoms with E-state index >= 15 is 0 Å². The van der Waals surface area contributed by atoms with Gasteiger partial charge in [0, 0.05) is 16.0 Å². The molecule has 0 amide bonds. The summed E-state index contributed by atoms with van der Waals surface area (Å²) in [5.74, 6) is 0.716.